The molecule has 3 nitrogen and oxygen atoms in total. The number of hydrogen-bond acceptors (Lipinski definition) is 4. The van der Waals surface area contributed by atoms with Crippen LogP contribution in [-0.2, 0) is 12.8 Å². The number of thiophene rings is 1. The Hall–Kier alpha value is -1.68. The second kappa shape index (κ2) is 7.51. The van der Waals surface area contributed by atoms with Crippen molar-refractivity contribution >= 4 is 54.4 Å². The van der Waals surface area contributed by atoms with Gasteiger partial charge in [0.15, 0.2) is 0 Å². The molecule has 0 N–H and O–H groups in total. The van der Waals surface area contributed by atoms with Gasteiger partial charge in [-0.3, -0.25) is 0 Å². The molecule has 0 unspecified atom stereocenters. The SMILES string of the molecule is N#Cc1c(N=Cc2ccc(-c3cc(Br)ccc3Br)o2)sc2c1CCCC2. The van der Waals surface area contributed by atoms with Crippen molar-refractivity contribution in [1.29, 1.82) is 5.26 Å². The van der Waals surface area contributed by atoms with E-state index in [-0.39, 0.29) is 0 Å². The summed E-state index contributed by atoms with van der Waals surface area (Å²) in [4.78, 5) is 5.87. The van der Waals surface area contributed by atoms with Crippen LogP contribution in [0.15, 0.2) is 48.7 Å². The first-order chi connectivity index (χ1) is 12.7. The number of nitriles is 1. The highest BCUT2D eigenvalue weighted by Crippen LogP contribution is 2.39. The lowest BCUT2D eigenvalue weighted by Gasteiger charge is -2.09. The van der Waals surface area contributed by atoms with Gasteiger partial charge in [-0.15, -0.1) is 11.3 Å². The molecule has 130 valence electrons. The highest BCUT2D eigenvalue weighted by molar-refractivity contribution is 9.11. The van der Waals surface area contributed by atoms with Gasteiger partial charge < -0.3 is 4.42 Å². The summed E-state index contributed by atoms with van der Waals surface area (Å²) in [5.41, 5.74) is 2.92. The van der Waals surface area contributed by atoms with Crippen molar-refractivity contribution < 1.29 is 4.42 Å². The van der Waals surface area contributed by atoms with Crippen LogP contribution < -0.4 is 0 Å². The molecular formula is C20H14Br2N2OS. The Morgan fingerprint density at radius 1 is 1.15 bits per heavy atom. The second-order valence-corrected chi connectivity index (χ2v) is 8.94. The van der Waals surface area contributed by atoms with E-state index in [0.717, 1.165) is 50.1 Å². The fourth-order valence-corrected chi connectivity index (χ4v) is 5.12. The van der Waals surface area contributed by atoms with E-state index in [9.17, 15) is 5.26 Å². The molecule has 26 heavy (non-hydrogen) atoms. The molecule has 0 spiro atoms. The summed E-state index contributed by atoms with van der Waals surface area (Å²) in [6.45, 7) is 0. The first-order valence-corrected chi connectivity index (χ1v) is 10.7. The molecule has 0 fully saturated rings. The van der Waals surface area contributed by atoms with Crippen LogP contribution in [0.5, 0.6) is 0 Å². The number of benzene rings is 1. The Morgan fingerprint density at radius 2 is 2.00 bits per heavy atom. The van der Waals surface area contributed by atoms with Gasteiger partial charge in [-0.05, 0) is 61.6 Å². The van der Waals surface area contributed by atoms with Crippen LogP contribution in [0.4, 0.5) is 5.00 Å². The standard InChI is InChI=1S/C20H14Br2N2OS/c21-12-5-7-17(22)15(9-12)18-8-6-13(25-18)11-24-20-16(10-23)14-3-1-2-4-19(14)26-20/h5-9,11H,1-4H2. The molecule has 0 amide bonds. The maximum absolute atomic E-state index is 9.52. The Labute approximate surface area is 172 Å². The molecule has 4 rings (SSSR count). The predicted octanol–water partition coefficient (Wildman–Crippen LogP) is 7.03. The minimum atomic E-state index is 0.669. The number of rotatable bonds is 3. The highest BCUT2D eigenvalue weighted by Gasteiger charge is 2.20. The number of furan rings is 1. The van der Waals surface area contributed by atoms with Crippen molar-refractivity contribution in [1.82, 2.24) is 0 Å². The molecule has 0 radical (unpaired) electrons. The molecule has 0 atom stereocenters. The van der Waals surface area contributed by atoms with Crippen LogP contribution >= 0.6 is 43.2 Å². The number of fused-ring (bicyclic) bond motifs is 1. The van der Waals surface area contributed by atoms with Crippen molar-refractivity contribution in [2.24, 2.45) is 4.99 Å². The molecule has 0 aliphatic heterocycles. The Bertz CT molecular complexity index is 1040. The summed E-state index contributed by atoms with van der Waals surface area (Å²) in [5.74, 6) is 1.44. The van der Waals surface area contributed by atoms with E-state index in [4.69, 9.17) is 4.42 Å². The first kappa shape index (κ1) is 17.7. The highest BCUT2D eigenvalue weighted by atomic mass is 79.9. The van der Waals surface area contributed by atoms with E-state index in [2.05, 4.69) is 42.9 Å². The molecular weight excluding hydrogens is 476 g/mol. The van der Waals surface area contributed by atoms with Gasteiger partial charge in [-0.1, -0.05) is 31.9 Å². The number of aliphatic imine (C=N–C) groups is 1. The average molecular weight is 490 g/mol. The zero-order valence-corrected chi connectivity index (χ0v) is 17.7. The van der Waals surface area contributed by atoms with Gasteiger partial charge in [0.2, 0.25) is 0 Å². The number of aryl methyl sites for hydroxylation is 1. The van der Waals surface area contributed by atoms with Crippen molar-refractivity contribution in [2.75, 3.05) is 0 Å². The van der Waals surface area contributed by atoms with Gasteiger partial charge in [0.05, 0.1) is 11.8 Å². The van der Waals surface area contributed by atoms with E-state index >= 15 is 0 Å². The minimum absolute atomic E-state index is 0.669. The third-order valence-electron chi connectivity index (χ3n) is 4.39. The number of nitrogens with zero attached hydrogens (tertiary/aromatic N) is 2. The molecule has 2 heterocycles. The molecule has 6 heteroatoms. The first-order valence-electron chi connectivity index (χ1n) is 8.29. The predicted molar refractivity (Wildman–Crippen MR) is 112 cm³/mol. The molecule has 2 aromatic heterocycles. The zero-order chi connectivity index (χ0) is 18.1. The lowest BCUT2D eigenvalue weighted by atomic mass is 9.96. The summed E-state index contributed by atoms with van der Waals surface area (Å²) >= 11 is 8.68. The van der Waals surface area contributed by atoms with Crippen molar-refractivity contribution in [3.63, 3.8) is 0 Å². The smallest absolute Gasteiger partial charge is 0.145 e. The molecule has 3 aromatic rings. The lowest BCUT2D eigenvalue weighted by Crippen LogP contribution is -1.99. The number of hydrogen-bond donors (Lipinski definition) is 0. The van der Waals surface area contributed by atoms with E-state index in [1.54, 1.807) is 17.6 Å². The third-order valence-corrected chi connectivity index (χ3v) is 6.78. The Morgan fingerprint density at radius 3 is 2.85 bits per heavy atom. The summed E-state index contributed by atoms with van der Waals surface area (Å²) in [6, 6.07) is 12.1. The van der Waals surface area contributed by atoms with E-state index < -0.39 is 0 Å². The summed E-state index contributed by atoms with van der Waals surface area (Å²) < 4.78 is 7.88. The monoisotopic (exact) mass is 488 g/mol. The van der Waals surface area contributed by atoms with Crippen LogP contribution in [0.2, 0.25) is 0 Å². The number of halogens is 2. The molecule has 1 aliphatic rings. The molecule has 0 saturated carbocycles. The lowest BCUT2D eigenvalue weighted by molar-refractivity contribution is 0.575. The fraction of sp³-hybridized carbons (Fsp3) is 0.200. The summed E-state index contributed by atoms with van der Waals surface area (Å²) in [5, 5.41) is 10.3. The Balaban J connectivity index is 1.63. The van der Waals surface area contributed by atoms with Crippen molar-refractivity contribution in [3.05, 3.63) is 61.0 Å². The van der Waals surface area contributed by atoms with Gasteiger partial charge in [-0.2, -0.15) is 5.26 Å². The van der Waals surface area contributed by atoms with Gasteiger partial charge in [0.1, 0.15) is 22.6 Å². The quantitative estimate of drug-likeness (QED) is 0.370. The minimum Gasteiger partial charge on any atom is -0.455 e. The van der Waals surface area contributed by atoms with Crippen LogP contribution in [-0.4, -0.2) is 6.21 Å². The average Bonchev–Trinajstić information content (AvgIpc) is 3.25. The second-order valence-electron chi connectivity index (χ2n) is 6.09. The van der Waals surface area contributed by atoms with Gasteiger partial charge in [-0.25, -0.2) is 4.99 Å². The van der Waals surface area contributed by atoms with Gasteiger partial charge >= 0.3 is 0 Å². The topological polar surface area (TPSA) is 49.3 Å². The largest absolute Gasteiger partial charge is 0.455 e. The fourth-order valence-electron chi connectivity index (χ4n) is 3.13. The van der Waals surface area contributed by atoms with Crippen LogP contribution in [0.3, 0.4) is 0 Å². The van der Waals surface area contributed by atoms with Crippen LogP contribution in [0.25, 0.3) is 11.3 Å². The zero-order valence-electron chi connectivity index (χ0n) is 13.8. The summed E-state index contributed by atoms with van der Waals surface area (Å²) in [7, 11) is 0. The maximum atomic E-state index is 9.52. The van der Waals surface area contributed by atoms with E-state index in [1.807, 2.05) is 30.3 Å². The van der Waals surface area contributed by atoms with Crippen molar-refractivity contribution in [2.45, 2.75) is 25.7 Å². The molecule has 0 bridgehead atoms. The molecule has 1 aromatic carbocycles. The maximum Gasteiger partial charge on any atom is 0.145 e. The Kier molecular flexibility index (Phi) is 5.12. The summed E-state index contributed by atoms with van der Waals surface area (Å²) in [6.07, 6.45) is 6.11. The van der Waals surface area contributed by atoms with Crippen molar-refractivity contribution in [3.8, 4) is 17.4 Å². The van der Waals surface area contributed by atoms with Gasteiger partial charge in [0.25, 0.3) is 0 Å². The molecule has 0 saturated heterocycles. The van der Waals surface area contributed by atoms with E-state index in [0.29, 0.717) is 5.76 Å². The van der Waals surface area contributed by atoms with E-state index in [1.165, 1.54) is 16.9 Å². The van der Waals surface area contributed by atoms with Gasteiger partial charge in [0, 0.05) is 19.4 Å². The van der Waals surface area contributed by atoms with Crippen LogP contribution in [0.1, 0.15) is 34.6 Å². The van der Waals surface area contributed by atoms with Crippen LogP contribution in [0, 0.1) is 11.3 Å². The third kappa shape index (κ3) is 3.44. The molecule has 1 aliphatic carbocycles. The normalized spacial score (nSPS) is 13.7.